The van der Waals surface area contributed by atoms with Crippen LogP contribution in [0.1, 0.15) is 17.2 Å². The standard InChI is InChI=1S/C29H22N2O5S/c1-35-28(33)23-24(29(34)36-2)26(30-16-15-17-9-3-4-10-18(17)25(23)30)27(32)31-19-11-5-7-13-21(19)37-22-14-8-6-12-20(22)31/h3-16,23,25H,1-2H3/t23-,25+/m1/s1. The Hall–Kier alpha value is -4.30. The molecule has 0 aliphatic carbocycles. The van der Waals surface area contributed by atoms with Crippen molar-refractivity contribution in [2.75, 3.05) is 19.1 Å². The summed E-state index contributed by atoms with van der Waals surface area (Å²) in [5, 5.41) is 0. The van der Waals surface area contributed by atoms with Gasteiger partial charge in [-0.2, -0.15) is 0 Å². The first-order valence-corrected chi connectivity index (χ1v) is 12.5. The molecule has 6 rings (SSSR count). The Morgan fingerprint density at radius 2 is 1.43 bits per heavy atom. The van der Waals surface area contributed by atoms with Gasteiger partial charge in [0.1, 0.15) is 11.6 Å². The molecule has 0 aromatic heterocycles. The van der Waals surface area contributed by atoms with Crippen LogP contribution in [0.4, 0.5) is 11.4 Å². The molecule has 0 saturated carbocycles. The molecule has 3 aliphatic rings. The second-order valence-electron chi connectivity index (χ2n) is 8.73. The van der Waals surface area contributed by atoms with Gasteiger partial charge in [0.2, 0.25) is 0 Å². The molecule has 0 bridgehead atoms. The largest absolute Gasteiger partial charge is 0.468 e. The summed E-state index contributed by atoms with van der Waals surface area (Å²) in [6.45, 7) is 0. The van der Waals surface area contributed by atoms with E-state index >= 15 is 0 Å². The fraction of sp³-hybridized carbons (Fsp3) is 0.138. The van der Waals surface area contributed by atoms with Crippen LogP contribution in [0, 0.1) is 5.92 Å². The SMILES string of the molecule is COC(=O)C1=C(C(=O)N2c3ccccc3Sc3ccccc32)N2C=Cc3ccccc3[C@H]2[C@@H]1C(=O)OC. The minimum Gasteiger partial charge on any atom is -0.468 e. The highest BCUT2D eigenvalue weighted by Gasteiger charge is 2.53. The summed E-state index contributed by atoms with van der Waals surface area (Å²) in [4.78, 5) is 46.2. The monoisotopic (exact) mass is 510 g/mol. The Morgan fingerprint density at radius 1 is 0.811 bits per heavy atom. The lowest BCUT2D eigenvalue weighted by atomic mass is 9.86. The van der Waals surface area contributed by atoms with E-state index in [1.54, 1.807) is 27.8 Å². The van der Waals surface area contributed by atoms with Crippen LogP contribution in [-0.4, -0.2) is 37.0 Å². The molecule has 0 spiro atoms. The molecule has 3 aliphatic heterocycles. The number of amides is 1. The number of ether oxygens (including phenoxy) is 2. The van der Waals surface area contributed by atoms with Crippen LogP contribution in [0.25, 0.3) is 6.08 Å². The minimum atomic E-state index is -1.05. The van der Waals surface area contributed by atoms with Crippen LogP contribution in [0.3, 0.4) is 0 Å². The number of benzene rings is 3. The number of para-hydroxylation sites is 2. The van der Waals surface area contributed by atoms with Gasteiger partial charge in [0.25, 0.3) is 5.91 Å². The fourth-order valence-corrected chi connectivity index (χ4v) is 6.35. The molecule has 1 amide bonds. The number of methoxy groups -OCH3 is 2. The van der Waals surface area contributed by atoms with Gasteiger partial charge in [0, 0.05) is 16.0 Å². The number of carbonyl (C=O) groups is 3. The van der Waals surface area contributed by atoms with E-state index in [4.69, 9.17) is 9.47 Å². The van der Waals surface area contributed by atoms with E-state index in [1.807, 2.05) is 78.9 Å². The number of carbonyl (C=O) groups excluding carboxylic acids is 3. The number of rotatable bonds is 3. The Morgan fingerprint density at radius 3 is 2.08 bits per heavy atom. The topological polar surface area (TPSA) is 76.2 Å². The molecule has 7 nitrogen and oxygen atoms in total. The van der Waals surface area contributed by atoms with E-state index in [0.29, 0.717) is 11.4 Å². The molecular weight excluding hydrogens is 488 g/mol. The number of fused-ring (bicyclic) bond motifs is 5. The van der Waals surface area contributed by atoms with Gasteiger partial charge in [-0.3, -0.25) is 14.5 Å². The number of nitrogens with zero attached hydrogens (tertiary/aromatic N) is 2. The molecule has 0 saturated heterocycles. The van der Waals surface area contributed by atoms with Gasteiger partial charge in [-0.05, 0) is 41.5 Å². The van der Waals surface area contributed by atoms with Crippen molar-refractivity contribution in [3.63, 3.8) is 0 Å². The fourth-order valence-electron chi connectivity index (χ4n) is 5.30. The third-order valence-electron chi connectivity index (χ3n) is 6.87. The van der Waals surface area contributed by atoms with E-state index in [-0.39, 0.29) is 11.3 Å². The lowest BCUT2D eigenvalue weighted by molar-refractivity contribution is -0.148. The van der Waals surface area contributed by atoms with Crippen molar-refractivity contribution < 1.29 is 23.9 Å². The summed E-state index contributed by atoms with van der Waals surface area (Å²) in [6.07, 6.45) is 3.63. The second-order valence-corrected chi connectivity index (χ2v) is 9.81. The van der Waals surface area contributed by atoms with Gasteiger partial charge in [-0.1, -0.05) is 60.3 Å². The van der Waals surface area contributed by atoms with Crippen molar-refractivity contribution in [1.82, 2.24) is 4.90 Å². The van der Waals surface area contributed by atoms with Gasteiger partial charge < -0.3 is 14.4 Å². The number of hydrogen-bond donors (Lipinski definition) is 0. The summed E-state index contributed by atoms with van der Waals surface area (Å²) in [5.74, 6) is -2.83. The van der Waals surface area contributed by atoms with Crippen molar-refractivity contribution in [2.45, 2.75) is 15.8 Å². The second kappa shape index (κ2) is 8.97. The molecule has 0 radical (unpaired) electrons. The minimum absolute atomic E-state index is 0.0149. The zero-order chi connectivity index (χ0) is 25.7. The molecular formula is C29H22N2O5S. The predicted molar refractivity (Wildman–Crippen MR) is 139 cm³/mol. The van der Waals surface area contributed by atoms with Gasteiger partial charge in [0.05, 0.1) is 37.2 Å². The highest BCUT2D eigenvalue weighted by molar-refractivity contribution is 7.99. The van der Waals surface area contributed by atoms with Gasteiger partial charge >= 0.3 is 11.9 Å². The molecule has 0 unspecified atom stereocenters. The van der Waals surface area contributed by atoms with E-state index in [0.717, 1.165) is 20.9 Å². The molecule has 3 aromatic rings. The molecule has 0 N–H and O–H groups in total. The quantitative estimate of drug-likeness (QED) is 0.455. The number of esters is 2. The van der Waals surface area contributed by atoms with Gasteiger partial charge in [-0.15, -0.1) is 0 Å². The van der Waals surface area contributed by atoms with Gasteiger partial charge in [0.15, 0.2) is 0 Å². The summed E-state index contributed by atoms with van der Waals surface area (Å²) < 4.78 is 10.3. The van der Waals surface area contributed by atoms with Crippen LogP contribution in [0.15, 0.2) is 100 Å². The van der Waals surface area contributed by atoms with Crippen molar-refractivity contribution in [3.8, 4) is 0 Å². The maximum absolute atomic E-state index is 14.6. The number of hydrogen-bond acceptors (Lipinski definition) is 7. The smallest absolute Gasteiger partial charge is 0.337 e. The average Bonchev–Trinajstić information content (AvgIpc) is 3.30. The van der Waals surface area contributed by atoms with E-state index < -0.39 is 29.8 Å². The third-order valence-corrected chi connectivity index (χ3v) is 8.00. The molecule has 3 heterocycles. The Balaban J connectivity index is 1.59. The average molecular weight is 511 g/mol. The highest BCUT2D eigenvalue weighted by Crippen LogP contribution is 2.52. The Kier molecular flexibility index (Phi) is 5.61. The molecule has 0 fully saturated rings. The van der Waals surface area contributed by atoms with Crippen LogP contribution in [-0.2, 0) is 23.9 Å². The molecule has 3 aromatic carbocycles. The van der Waals surface area contributed by atoms with Crippen molar-refractivity contribution in [3.05, 3.63) is 101 Å². The maximum Gasteiger partial charge on any atom is 0.337 e. The van der Waals surface area contributed by atoms with Gasteiger partial charge in [-0.25, -0.2) is 4.79 Å². The summed E-state index contributed by atoms with van der Waals surface area (Å²) in [5.41, 5.74) is 3.20. The molecule has 184 valence electrons. The highest BCUT2D eigenvalue weighted by atomic mass is 32.2. The number of anilines is 2. The molecule has 37 heavy (non-hydrogen) atoms. The van der Waals surface area contributed by atoms with Crippen molar-refractivity contribution in [1.29, 1.82) is 0 Å². The van der Waals surface area contributed by atoms with Crippen LogP contribution >= 0.6 is 11.8 Å². The van der Waals surface area contributed by atoms with Crippen LogP contribution < -0.4 is 4.90 Å². The predicted octanol–water partition coefficient (Wildman–Crippen LogP) is 5.07. The van der Waals surface area contributed by atoms with Crippen molar-refractivity contribution in [2.24, 2.45) is 5.92 Å². The van der Waals surface area contributed by atoms with E-state index in [1.165, 1.54) is 14.2 Å². The van der Waals surface area contributed by atoms with Crippen LogP contribution in [0.2, 0.25) is 0 Å². The maximum atomic E-state index is 14.6. The summed E-state index contributed by atoms with van der Waals surface area (Å²) in [6, 6.07) is 22.2. The lowest BCUT2D eigenvalue weighted by Crippen LogP contribution is -2.36. The first-order chi connectivity index (χ1) is 18.0. The third kappa shape index (κ3) is 3.48. The van der Waals surface area contributed by atoms with Crippen molar-refractivity contribution >= 4 is 47.1 Å². The molecule has 2 atom stereocenters. The lowest BCUT2D eigenvalue weighted by Gasteiger charge is -2.35. The summed E-state index contributed by atoms with van der Waals surface area (Å²) in [7, 11) is 2.52. The zero-order valence-corrected chi connectivity index (χ0v) is 20.9. The first kappa shape index (κ1) is 23.1. The summed E-state index contributed by atoms with van der Waals surface area (Å²) >= 11 is 1.58. The molecule has 8 heteroatoms. The zero-order valence-electron chi connectivity index (χ0n) is 20.1. The normalized spacial score (nSPS) is 19.0. The van der Waals surface area contributed by atoms with Crippen LogP contribution in [0.5, 0.6) is 0 Å². The van der Waals surface area contributed by atoms with E-state index in [2.05, 4.69) is 0 Å². The van der Waals surface area contributed by atoms with E-state index in [9.17, 15) is 14.4 Å². The first-order valence-electron chi connectivity index (χ1n) is 11.7. The Bertz CT molecular complexity index is 1480. The Labute approximate surface area is 218 Å².